The predicted octanol–water partition coefficient (Wildman–Crippen LogP) is 7.72. The fourth-order valence-corrected chi connectivity index (χ4v) is 7.53. The van der Waals surface area contributed by atoms with Gasteiger partial charge in [0.25, 0.3) is 0 Å². The summed E-state index contributed by atoms with van der Waals surface area (Å²) < 4.78 is 0. The Kier molecular flexibility index (Phi) is 5.04. The Morgan fingerprint density at radius 3 is 1.83 bits per heavy atom. The lowest BCUT2D eigenvalue weighted by Gasteiger charge is -2.54. The van der Waals surface area contributed by atoms with Gasteiger partial charge in [-0.3, -0.25) is 0 Å². The topological polar surface area (TPSA) is 38.7 Å². The van der Waals surface area contributed by atoms with Crippen LogP contribution in [0, 0.1) is 30.6 Å². The summed E-state index contributed by atoms with van der Waals surface area (Å²) in [4.78, 5) is 14.3. The van der Waals surface area contributed by atoms with Gasteiger partial charge in [-0.1, -0.05) is 72.8 Å². The number of hydrogen-bond acceptors (Lipinski definition) is 3. The van der Waals surface area contributed by atoms with Crippen molar-refractivity contribution in [3.63, 3.8) is 0 Å². The Labute approximate surface area is 207 Å². The second kappa shape index (κ2) is 8.41. The molecule has 1 aromatic heterocycles. The van der Waals surface area contributed by atoms with E-state index in [1.807, 2.05) is 13.0 Å². The molecular weight excluding hydrogens is 426 g/mol. The molecule has 0 radical (unpaired) electrons. The molecule has 0 N–H and O–H groups in total. The largest absolute Gasteiger partial charge is 0.213 e. The minimum absolute atomic E-state index is 0.732. The maximum atomic E-state index is 4.90. The van der Waals surface area contributed by atoms with Gasteiger partial charge < -0.3 is 0 Å². The third-order valence-electron chi connectivity index (χ3n) is 8.76. The molecule has 3 nitrogen and oxygen atoms in total. The van der Waals surface area contributed by atoms with Crippen LogP contribution in [0.1, 0.15) is 49.4 Å². The summed E-state index contributed by atoms with van der Waals surface area (Å²) >= 11 is 0. The first-order chi connectivity index (χ1) is 17.2. The Morgan fingerprint density at radius 1 is 0.543 bits per heavy atom. The third-order valence-corrected chi connectivity index (χ3v) is 8.76. The summed E-state index contributed by atoms with van der Waals surface area (Å²) in [7, 11) is 0. The van der Waals surface area contributed by atoms with Crippen LogP contribution in [0.25, 0.3) is 33.9 Å². The van der Waals surface area contributed by atoms with E-state index >= 15 is 0 Å². The first-order valence-corrected chi connectivity index (χ1v) is 13.2. The summed E-state index contributed by atoms with van der Waals surface area (Å²) in [5, 5.41) is 0. The molecule has 4 aromatic rings. The number of aryl methyl sites for hydroxylation is 1. The monoisotopic (exact) mass is 457 g/mol. The molecule has 8 rings (SSSR count). The predicted molar refractivity (Wildman–Crippen MR) is 141 cm³/mol. The molecular formula is C32H31N3. The summed E-state index contributed by atoms with van der Waals surface area (Å²) in [6.07, 6.45) is 7.33. The van der Waals surface area contributed by atoms with Crippen LogP contribution in [0.15, 0.2) is 78.9 Å². The lowest BCUT2D eigenvalue weighted by Crippen LogP contribution is -2.43. The van der Waals surface area contributed by atoms with Gasteiger partial charge in [0.05, 0.1) is 0 Å². The van der Waals surface area contributed by atoms with Gasteiger partial charge in [0.2, 0.25) is 0 Å². The Morgan fingerprint density at radius 2 is 1.14 bits per heavy atom. The second-order valence-corrected chi connectivity index (χ2v) is 11.1. The molecule has 4 aliphatic carbocycles. The molecule has 0 unspecified atom stereocenters. The van der Waals surface area contributed by atoms with Gasteiger partial charge in [-0.2, -0.15) is 0 Å². The molecule has 0 atom stereocenters. The minimum atomic E-state index is 0.732. The average molecular weight is 458 g/mol. The van der Waals surface area contributed by atoms with E-state index in [0.717, 1.165) is 58.2 Å². The maximum Gasteiger partial charge on any atom is 0.163 e. The molecule has 4 saturated carbocycles. The van der Waals surface area contributed by atoms with Crippen LogP contribution >= 0.6 is 0 Å². The smallest absolute Gasteiger partial charge is 0.163 e. The highest BCUT2D eigenvalue weighted by molar-refractivity contribution is 5.71. The molecule has 4 aliphatic rings. The number of benzene rings is 3. The van der Waals surface area contributed by atoms with Gasteiger partial charge in [0.1, 0.15) is 5.82 Å². The van der Waals surface area contributed by atoms with Crippen LogP contribution in [0.4, 0.5) is 0 Å². The molecule has 1 heterocycles. The van der Waals surface area contributed by atoms with E-state index in [-0.39, 0.29) is 0 Å². The zero-order valence-corrected chi connectivity index (χ0v) is 20.3. The number of nitrogens with zero attached hydrogens (tertiary/aromatic N) is 3. The Balaban J connectivity index is 1.19. The van der Waals surface area contributed by atoms with Crippen molar-refractivity contribution in [1.29, 1.82) is 0 Å². The molecule has 0 saturated heterocycles. The van der Waals surface area contributed by atoms with E-state index < -0.39 is 0 Å². The third kappa shape index (κ3) is 3.87. The first kappa shape index (κ1) is 21.0. The van der Waals surface area contributed by atoms with E-state index in [1.54, 1.807) is 0 Å². The van der Waals surface area contributed by atoms with Gasteiger partial charge in [-0.05, 0) is 91.4 Å². The maximum absolute atomic E-state index is 4.90. The summed E-state index contributed by atoms with van der Waals surface area (Å²) in [6, 6.07) is 28.1. The van der Waals surface area contributed by atoms with Crippen LogP contribution in [0.2, 0.25) is 0 Å². The van der Waals surface area contributed by atoms with Crippen molar-refractivity contribution in [2.24, 2.45) is 23.7 Å². The van der Waals surface area contributed by atoms with Crippen molar-refractivity contribution < 1.29 is 0 Å². The molecule has 35 heavy (non-hydrogen) atoms. The van der Waals surface area contributed by atoms with Gasteiger partial charge in [-0.25, -0.2) is 15.0 Å². The molecule has 0 amide bonds. The lowest BCUT2D eigenvalue weighted by molar-refractivity contribution is -0.00277. The van der Waals surface area contributed by atoms with E-state index in [4.69, 9.17) is 9.97 Å². The molecule has 3 heteroatoms. The first-order valence-electron chi connectivity index (χ1n) is 13.2. The standard InChI is InChI=1S/C32H31N3/c1-20-33-31(35-32(34-20)27-9-5-8-26(19-27)23-6-3-2-4-7-23)25-12-10-24(11-13-25)30-28-15-21-14-22(17-28)18-29(30)16-21/h2-13,19,21-22,28-30H,14-18H2,1H3. The van der Waals surface area contributed by atoms with Gasteiger partial charge in [-0.15, -0.1) is 0 Å². The van der Waals surface area contributed by atoms with Crippen LogP contribution in [0.5, 0.6) is 0 Å². The molecule has 0 spiro atoms. The van der Waals surface area contributed by atoms with E-state index in [1.165, 1.54) is 48.8 Å². The van der Waals surface area contributed by atoms with Crippen LogP contribution in [-0.2, 0) is 0 Å². The summed E-state index contributed by atoms with van der Waals surface area (Å²) in [5.41, 5.74) is 5.99. The Hall–Kier alpha value is -3.33. The van der Waals surface area contributed by atoms with E-state index in [0.29, 0.717) is 0 Å². The lowest BCUT2D eigenvalue weighted by atomic mass is 9.51. The zero-order valence-electron chi connectivity index (χ0n) is 20.3. The molecule has 174 valence electrons. The van der Waals surface area contributed by atoms with Crippen molar-refractivity contribution in [2.75, 3.05) is 0 Å². The second-order valence-electron chi connectivity index (χ2n) is 11.1. The summed E-state index contributed by atoms with van der Waals surface area (Å²) in [5.74, 6) is 6.83. The SMILES string of the molecule is Cc1nc(-c2ccc(C3C4CC5CC(C4)CC3C5)cc2)nc(-c2cccc(-c3ccccc3)c2)n1. The van der Waals surface area contributed by atoms with E-state index in [9.17, 15) is 0 Å². The minimum Gasteiger partial charge on any atom is -0.213 e. The number of aromatic nitrogens is 3. The Bertz CT molecular complexity index is 1330. The summed E-state index contributed by atoms with van der Waals surface area (Å²) in [6.45, 7) is 1.96. The van der Waals surface area contributed by atoms with Crippen molar-refractivity contribution in [3.05, 3.63) is 90.3 Å². The average Bonchev–Trinajstić information content (AvgIpc) is 2.89. The van der Waals surface area contributed by atoms with E-state index in [2.05, 4.69) is 77.8 Å². The van der Waals surface area contributed by atoms with Crippen LogP contribution in [-0.4, -0.2) is 15.0 Å². The molecule has 0 aliphatic heterocycles. The highest BCUT2D eigenvalue weighted by atomic mass is 15.0. The molecule has 3 aromatic carbocycles. The molecule has 4 bridgehead atoms. The van der Waals surface area contributed by atoms with Crippen LogP contribution in [0.3, 0.4) is 0 Å². The van der Waals surface area contributed by atoms with Gasteiger partial charge in [0.15, 0.2) is 11.6 Å². The van der Waals surface area contributed by atoms with Crippen LogP contribution < -0.4 is 0 Å². The fourth-order valence-electron chi connectivity index (χ4n) is 7.53. The fraction of sp³-hybridized carbons (Fsp3) is 0.344. The number of rotatable bonds is 4. The van der Waals surface area contributed by atoms with Gasteiger partial charge in [0, 0.05) is 11.1 Å². The normalized spacial score (nSPS) is 26.7. The van der Waals surface area contributed by atoms with Gasteiger partial charge >= 0.3 is 0 Å². The quantitative estimate of drug-likeness (QED) is 0.315. The zero-order chi connectivity index (χ0) is 23.4. The van der Waals surface area contributed by atoms with Crippen molar-refractivity contribution in [2.45, 2.75) is 44.9 Å². The van der Waals surface area contributed by atoms with Crippen molar-refractivity contribution in [3.8, 4) is 33.9 Å². The van der Waals surface area contributed by atoms with Crippen molar-refractivity contribution >= 4 is 0 Å². The number of hydrogen-bond donors (Lipinski definition) is 0. The van der Waals surface area contributed by atoms with Crippen molar-refractivity contribution in [1.82, 2.24) is 15.0 Å². The highest BCUT2D eigenvalue weighted by Crippen LogP contribution is 2.59. The molecule has 4 fully saturated rings. The highest BCUT2D eigenvalue weighted by Gasteiger charge is 2.48.